The molecular weight excluding hydrogens is 572 g/mol. The van der Waals surface area contributed by atoms with E-state index in [0.29, 0.717) is 40.8 Å². The number of carbonyl (C=O) groups excluding carboxylic acids is 2. The number of imidazole rings is 1. The molecule has 212 valence electrons. The van der Waals surface area contributed by atoms with Crippen LogP contribution in [-0.2, 0) is 22.3 Å². The van der Waals surface area contributed by atoms with Crippen molar-refractivity contribution < 1.29 is 32.2 Å². The number of amides is 2. The third-order valence-corrected chi connectivity index (χ3v) is 6.21. The zero-order valence-corrected chi connectivity index (χ0v) is 22.9. The largest absolute Gasteiger partial charge is 0.417 e. The number of aromatic amines is 1. The number of ether oxygens (including phenoxy) is 2. The fourth-order valence-electron chi connectivity index (χ4n) is 3.85. The van der Waals surface area contributed by atoms with Gasteiger partial charge in [0.25, 0.3) is 11.8 Å². The van der Waals surface area contributed by atoms with Crippen molar-refractivity contribution in [3.05, 3.63) is 87.7 Å². The molecule has 0 bridgehead atoms. The molecule has 0 aliphatic carbocycles. The van der Waals surface area contributed by atoms with Gasteiger partial charge in [0.2, 0.25) is 0 Å². The van der Waals surface area contributed by atoms with E-state index in [2.05, 4.69) is 20.6 Å². The quantitative estimate of drug-likeness (QED) is 0.188. The van der Waals surface area contributed by atoms with Crippen LogP contribution in [-0.4, -0.2) is 42.1 Å². The first-order valence-electron chi connectivity index (χ1n) is 11.7. The third kappa shape index (κ3) is 7.11. The summed E-state index contributed by atoms with van der Waals surface area (Å²) in [7, 11) is 1.54. The summed E-state index contributed by atoms with van der Waals surface area (Å²) in [5.74, 6) is -1.14. The Bertz CT molecular complexity index is 1530. The molecule has 0 unspecified atom stereocenters. The highest BCUT2D eigenvalue weighted by atomic mass is 35.5. The first kappa shape index (κ1) is 30.9. The standard InChI is InChI=1S/C27H24ClF3N4O4.ClH/c1-15-20(28)8-5-9-21(15)34-26(37)18-12-16(13-22-24(18)35-23(33-22)14-39-11-10-38-2)32-25(36)17-6-3-4-7-19(17)27(29,30)31;/h3-9,12-13H,10-11,14H2,1-2H3,(H,32,36)(H,33,35)(H,34,37);1H. The first-order chi connectivity index (χ1) is 18.6. The number of hydrogen-bond acceptors (Lipinski definition) is 5. The molecule has 1 aromatic heterocycles. The van der Waals surface area contributed by atoms with E-state index in [1.807, 2.05) is 0 Å². The lowest BCUT2D eigenvalue weighted by molar-refractivity contribution is -0.137. The summed E-state index contributed by atoms with van der Waals surface area (Å²) in [4.78, 5) is 33.8. The van der Waals surface area contributed by atoms with Gasteiger partial charge >= 0.3 is 6.18 Å². The minimum absolute atomic E-state index is 0. The number of H-pyrrole nitrogens is 1. The van der Waals surface area contributed by atoms with Crippen molar-refractivity contribution in [1.29, 1.82) is 0 Å². The van der Waals surface area contributed by atoms with Gasteiger partial charge in [-0.3, -0.25) is 9.59 Å². The smallest absolute Gasteiger partial charge is 0.382 e. The van der Waals surface area contributed by atoms with E-state index in [1.54, 1.807) is 32.2 Å². The van der Waals surface area contributed by atoms with Crippen LogP contribution in [0.2, 0.25) is 5.02 Å². The normalized spacial score (nSPS) is 11.2. The van der Waals surface area contributed by atoms with Gasteiger partial charge in [0.05, 0.1) is 35.4 Å². The van der Waals surface area contributed by atoms with Gasteiger partial charge in [0, 0.05) is 23.5 Å². The molecule has 13 heteroatoms. The highest BCUT2D eigenvalue weighted by molar-refractivity contribution is 6.31. The van der Waals surface area contributed by atoms with Crippen LogP contribution in [0.1, 0.15) is 37.7 Å². The molecule has 0 aliphatic rings. The summed E-state index contributed by atoms with van der Waals surface area (Å²) in [6.07, 6.45) is -4.72. The van der Waals surface area contributed by atoms with Gasteiger partial charge in [-0.05, 0) is 48.9 Å². The van der Waals surface area contributed by atoms with Gasteiger partial charge in [-0.15, -0.1) is 12.4 Å². The second-order valence-corrected chi connectivity index (χ2v) is 8.92. The fraction of sp³-hybridized carbons (Fsp3) is 0.222. The van der Waals surface area contributed by atoms with Crippen LogP contribution in [0.5, 0.6) is 0 Å². The number of aromatic nitrogens is 2. The van der Waals surface area contributed by atoms with Crippen molar-refractivity contribution in [3.63, 3.8) is 0 Å². The van der Waals surface area contributed by atoms with Crippen LogP contribution in [0.25, 0.3) is 11.0 Å². The summed E-state index contributed by atoms with van der Waals surface area (Å²) < 4.78 is 50.9. The van der Waals surface area contributed by atoms with Crippen LogP contribution in [0, 0.1) is 6.92 Å². The number of anilines is 2. The van der Waals surface area contributed by atoms with Gasteiger partial charge in [-0.2, -0.15) is 13.2 Å². The summed E-state index contributed by atoms with van der Waals surface area (Å²) in [6, 6.07) is 12.3. The predicted octanol–water partition coefficient (Wildman–Crippen LogP) is 6.63. The molecule has 0 radical (unpaired) electrons. The average Bonchev–Trinajstić information content (AvgIpc) is 3.31. The molecular formula is C27H25Cl2F3N4O4. The molecule has 3 aromatic carbocycles. The van der Waals surface area contributed by atoms with Gasteiger partial charge in [0.1, 0.15) is 17.9 Å². The molecule has 3 N–H and O–H groups in total. The first-order valence-corrected chi connectivity index (χ1v) is 12.1. The zero-order valence-electron chi connectivity index (χ0n) is 21.3. The lowest BCUT2D eigenvalue weighted by Crippen LogP contribution is -2.19. The summed E-state index contributed by atoms with van der Waals surface area (Å²) in [5, 5.41) is 5.72. The number of hydrogen-bond donors (Lipinski definition) is 3. The number of nitrogens with zero attached hydrogens (tertiary/aromatic N) is 1. The number of nitrogens with one attached hydrogen (secondary N) is 3. The topological polar surface area (TPSA) is 105 Å². The minimum Gasteiger partial charge on any atom is -0.382 e. The van der Waals surface area contributed by atoms with Gasteiger partial charge in [-0.1, -0.05) is 29.8 Å². The molecule has 0 aliphatic heterocycles. The van der Waals surface area contributed by atoms with E-state index < -0.39 is 29.1 Å². The highest BCUT2D eigenvalue weighted by Crippen LogP contribution is 2.33. The van der Waals surface area contributed by atoms with Crippen molar-refractivity contribution in [3.8, 4) is 0 Å². The maximum atomic E-state index is 13.5. The molecule has 0 atom stereocenters. The Balaban J connectivity index is 0.00000441. The third-order valence-electron chi connectivity index (χ3n) is 5.80. The Labute approximate surface area is 238 Å². The Kier molecular flexibility index (Phi) is 10.2. The van der Waals surface area contributed by atoms with Crippen molar-refractivity contribution in [1.82, 2.24) is 9.97 Å². The van der Waals surface area contributed by atoms with Crippen LogP contribution < -0.4 is 10.6 Å². The molecule has 4 rings (SSSR count). The second-order valence-electron chi connectivity index (χ2n) is 8.51. The molecule has 4 aromatic rings. The summed E-state index contributed by atoms with van der Waals surface area (Å²) >= 11 is 6.18. The number of carbonyl (C=O) groups is 2. The van der Waals surface area contributed by atoms with Crippen molar-refractivity contribution >= 4 is 58.2 Å². The van der Waals surface area contributed by atoms with Gasteiger partial charge in [0.15, 0.2) is 0 Å². The number of fused-ring (bicyclic) bond motifs is 1. The van der Waals surface area contributed by atoms with Crippen LogP contribution in [0.3, 0.4) is 0 Å². The fourth-order valence-corrected chi connectivity index (χ4v) is 4.03. The predicted molar refractivity (Wildman–Crippen MR) is 148 cm³/mol. The second kappa shape index (κ2) is 13.1. The molecule has 0 spiro atoms. The number of halogens is 5. The summed E-state index contributed by atoms with van der Waals surface area (Å²) in [5.41, 5.74) is 0.302. The number of alkyl halides is 3. The van der Waals surface area contributed by atoms with E-state index in [9.17, 15) is 22.8 Å². The monoisotopic (exact) mass is 596 g/mol. The maximum absolute atomic E-state index is 13.5. The van der Waals surface area contributed by atoms with Crippen LogP contribution in [0.15, 0.2) is 54.6 Å². The van der Waals surface area contributed by atoms with E-state index in [4.69, 9.17) is 21.1 Å². The number of methoxy groups -OCH3 is 1. The lowest BCUT2D eigenvalue weighted by Gasteiger charge is -2.14. The Morgan fingerprint density at radius 2 is 1.73 bits per heavy atom. The van der Waals surface area contributed by atoms with Crippen LogP contribution in [0.4, 0.5) is 24.5 Å². The molecule has 8 nitrogen and oxygen atoms in total. The Morgan fingerprint density at radius 1 is 1.00 bits per heavy atom. The summed E-state index contributed by atoms with van der Waals surface area (Å²) in [6.45, 7) is 2.52. The maximum Gasteiger partial charge on any atom is 0.417 e. The Morgan fingerprint density at radius 3 is 2.45 bits per heavy atom. The van der Waals surface area contributed by atoms with Gasteiger partial charge in [-0.25, -0.2) is 4.98 Å². The molecule has 40 heavy (non-hydrogen) atoms. The molecule has 2 amide bonds. The minimum atomic E-state index is -4.72. The highest BCUT2D eigenvalue weighted by Gasteiger charge is 2.35. The van der Waals surface area contributed by atoms with Crippen molar-refractivity contribution in [2.24, 2.45) is 0 Å². The van der Waals surface area contributed by atoms with Gasteiger partial charge < -0.3 is 25.1 Å². The SMILES string of the molecule is COCCOCc1nc2c(C(=O)Nc3cccc(Cl)c3C)cc(NC(=O)c3ccccc3C(F)(F)F)cc2[nH]1.Cl. The molecule has 0 saturated carbocycles. The van der Waals surface area contributed by atoms with E-state index in [1.165, 1.54) is 24.3 Å². The van der Waals surface area contributed by atoms with Crippen LogP contribution >= 0.6 is 24.0 Å². The van der Waals surface area contributed by atoms with E-state index >= 15 is 0 Å². The molecule has 0 fully saturated rings. The number of benzene rings is 3. The number of rotatable bonds is 9. The van der Waals surface area contributed by atoms with Crippen molar-refractivity contribution in [2.75, 3.05) is 31.0 Å². The Hall–Kier alpha value is -3.64. The average molecular weight is 597 g/mol. The van der Waals surface area contributed by atoms with E-state index in [0.717, 1.165) is 12.1 Å². The molecule has 1 heterocycles. The lowest BCUT2D eigenvalue weighted by atomic mass is 10.1. The molecule has 0 saturated heterocycles. The zero-order chi connectivity index (χ0) is 28.2. The van der Waals surface area contributed by atoms with Crippen molar-refractivity contribution in [2.45, 2.75) is 19.7 Å². The van der Waals surface area contributed by atoms with E-state index in [-0.39, 0.29) is 35.8 Å².